The van der Waals surface area contributed by atoms with Gasteiger partial charge in [0.1, 0.15) is 23.6 Å². The fourth-order valence-electron chi connectivity index (χ4n) is 1.71. The van der Waals surface area contributed by atoms with Crippen molar-refractivity contribution in [2.75, 3.05) is 13.2 Å². The van der Waals surface area contributed by atoms with Crippen molar-refractivity contribution in [3.63, 3.8) is 0 Å². The van der Waals surface area contributed by atoms with Crippen LogP contribution < -0.4 is 10.4 Å². The van der Waals surface area contributed by atoms with Crippen LogP contribution in [-0.4, -0.2) is 47.9 Å². The number of carboxylic acids is 1. The molecule has 0 spiro atoms. The lowest BCUT2D eigenvalue weighted by atomic mass is 10.1. The standard InChI is InChI=1S/C6H10ClNO2.C2H4O2/c7-3-1-8-5-4(9)2-10-6(3)5;1-2(3)4/h3-6,8-9H,1-2H2;1H3,(H,3,4)/t3-,4+,5-,6-;/m1./s1. The van der Waals surface area contributed by atoms with Crippen LogP contribution in [0, 0.1) is 0 Å². The molecule has 5 nitrogen and oxygen atoms in total. The minimum absolute atomic E-state index is 0.0802. The highest BCUT2D eigenvalue weighted by Crippen LogP contribution is 2.21. The number of alkyl halides is 1. The third kappa shape index (κ3) is 2.81. The van der Waals surface area contributed by atoms with Crippen LogP contribution in [0.25, 0.3) is 0 Å². The summed E-state index contributed by atoms with van der Waals surface area (Å²) in [5.74, 6) is -1.08. The molecule has 2 aliphatic heterocycles. The number of ether oxygens (including phenoxy) is 1. The first kappa shape index (κ1) is 11.7. The topological polar surface area (TPSA) is 86.2 Å². The van der Waals surface area contributed by atoms with E-state index < -0.39 is 5.97 Å². The number of carbonyl (C=O) groups is 1. The Hall–Kier alpha value is -0.360. The van der Waals surface area contributed by atoms with Gasteiger partial charge in [0.2, 0.25) is 0 Å². The lowest BCUT2D eigenvalue weighted by molar-refractivity contribution is -0.675. The number of hydrogen-bond donors (Lipinski definition) is 2. The van der Waals surface area contributed by atoms with Gasteiger partial charge in [-0.1, -0.05) is 0 Å². The van der Waals surface area contributed by atoms with Crippen LogP contribution >= 0.6 is 11.6 Å². The minimum atomic E-state index is -1.08. The highest BCUT2D eigenvalue weighted by molar-refractivity contribution is 6.21. The number of carbonyl (C=O) groups excluding carboxylic acids is 1. The molecule has 0 saturated carbocycles. The summed E-state index contributed by atoms with van der Waals surface area (Å²) in [6.07, 6.45) is -0.231. The van der Waals surface area contributed by atoms with E-state index in [1.165, 1.54) is 0 Å². The molecule has 4 atom stereocenters. The summed E-state index contributed by atoms with van der Waals surface area (Å²) < 4.78 is 5.29. The monoisotopic (exact) mass is 223 g/mol. The second kappa shape index (κ2) is 4.93. The van der Waals surface area contributed by atoms with E-state index in [0.29, 0.717) is 6.61 Å². The molecule has 0 amide bonds. The van der Waals surface area contributed by atoms with Gasteiger partial charge in [-0.2, -0.15) is 0 Å². The third-order valence-electron chi connectivity index (χ3n) is 2.27. The van der Waals surface area contributed by atoms with Crippen molar-refractivity contribution >= 4 is 17.6 Å². The molecule has 0 aromatic heterocycles. The molecule has 14 heavy (non-hydrogen) atoms. The number of rotatable bonds is 0. The minimum Gasteiger partial charge on any atom is -0.550 e. The molecule has 0 unspecified atom stereocenters. The zero-order chi connectivity index (χ0) is 10.7. The summed E-state index contributed by atoms with van der Waals surface area (Å²) in [5, 5.41) is 20.3. The lowest BCUT2D eigenvalue weighted by Gasteiger charge is -2.06. The molecule has 2 saturated heterocycles. The molecular formula is C8H14ClNO4. The number of hydrogen-bond acceptors (Lipinski definition) is 4. The van der Waals surface area contributed by atoms with Crippen LogP contribution in [0.3, 0.4) is 0 Å². The summed E-state index contributed by atoms with van der Waals surface area (Å²) in [6.45, 7) is 2.29. The molecule has 6 heteroatoms. The van der Waals surface area contributed by atoms with E-state index in [2.05, 4.69) is 5.32 Å². The smallest absolute Gasteiger partial charge is 0.143 e. The van der Waals surface area contributed by atoms with Gasteiger partial charge in [-0.05, 0) is 6.92 Å². The Bertz CT molecular complexity index is 194. The molecule has 3 N–H and O–H groups in total. The van der Waals surface area contributed by atoms with Crippen molar-refractivity contribution in [2.24, 2.45) is 0 Å². The van der Waals surface area contributed by atoms with Crippen LogP contribution in [0.5, 0.6) is 0 Å². The van der Waals surface area contributed by atoms with Gasteiger partial charge in [-0.3, -0.25) is 0 Å². The number of carboxylic acid groups (broad SMARTS) is 1. The van der Waals surface area contributed by atoms with Crippen molar-refractivity contribution < 1.29 is 25.1 Å². The first-order chi connectivity index (χ1) is 6.52. The summed E-state index contributed by atoms with van der Waals surface area (Å²) >= 11 is 5.91. The summed E-state index contributed by atoms with van der Waals surface area (Å²) in [5.41, 5.74) is 0. The number of halogens is 1. The van der Waals surface area contributed by atoms with Crippen molar-refractivity contribution in [3.8, 4) is 0 Å². The van der Waals surface area contributed by atoms with Gasteiger partial charge in [0.05, 0.1) is 13.2 Å². The van der Waals surface area contributed by atoms with Crippen LogP contribution in [0.15, 0.2) is 0 Å². The zero-order valence-corrected chi connectivity index (χ0v) is 8.61. The van der Waals surface area contributed by atoms with Gasteiger partial charge in [-0.15, -0.1) is 11.6 Å². The normalized spacial score (nSPS) is 39.9. The van der Waals surface area contributed by atoms with Gasteiger partial charge < -0.3 is 25.1 Å². The van der Waals surface area contributed by atoms with Gasteiger partial charge >= 0.3 is 0 Å². The molecule has 2 rings (SSSR count). The second-order valence-electron chi connectivity index (χ2n) is 3.42. The van der Waals surface area contributed by atoms with E-state index in [0.717, 1.165) is 13.5 Å². The van der Waals surface area contributed by atoms with E-state index in [-0.39, 0.29) is 23.6 Å². The molecule has 0 aromatic carbocycles. The van der Waals surface area contributed by atoms with E-state index in [9.17, 15) is 5.11 Å². The van der Waals surface area contributed by atoms with Gasteiger partial charge in [-0.25, -0.2) is 0 Å². The van der Waals surface area contributed by atoms with Crippen molar-refractivity contribution in [1.29, 1.82) is 0 Å². The Morgan fingerprint density at radius 1 is 1.71 bits per heavy atom. The lowest BCUT2D eigenvalue weighted by Crippen LogP contribution is -2.89. The van der Waals surface area contributed by atoms with Crippen LogP contribution in [0.4, 0.5) is 0 Å². The predicted molar refractivity (Wildman–Crippen MR) is 46.6 cm³/mol. The Kier molecular flexibility index (Phi) is 4.12. The molecule has 82 valence electrons. The molecule has 0 aromatic rings. The first-order valence-electron chi connectivity index (χ1n) is 4.47. The van der Waals surface area contributed by atoms with E-state index in [1.54, 1.807) is 0 Å². The van der Waals surface area contributed by atoms with Crippen LogP contribution in [0.1, 0.15) is 6.92 Å². The zero-order valence-electron chi connectivity index (χ0n) is 7.85. The van der Waals surface area contributed by atoms with Crippen molar-refractivity contribution in [2.45, 2.75) is 30.6 Å². The summed E-state index contributed by atoms with van der Waals surface area (Å²) in [7, 11) is 0. The molecule has 0 radical (unpaired) electrons. The largest absolute Gasteiger partial charge is 0.550 e. The number of nitrogens with two attached hydrogens (primary N) is 1. The number of fused-ring (bicyclic) bond motifs is 1. The van der Waals surface area contributed by atoms with E-state index >= 15 is 0 Å². The summed E-state index contributed by atoms with van der Waals surface area (Å²) in [4.78, 5) is 8.89. The quantitative estimate of drug-likeness (QED) is 0.430. The number of aliphatic carboxylic acids is 1. The Balaban J connectivity index is 0.000000213. The molecule has 0 bridgehead atoms. The van der Waals surface area contributed by atoms with Crippen LogP contribution in [0.2, 0.25) is 0 Å². The average Bonchev–Trinajstić information content (AvgIpc) is 2.57. The van der Waals surface area contributed by atoms with Crippen LogP contribution in [-0.2, 0) is 9.53 Å². The Morgan fingerprint density at radius 3 is 2.79 bits per heavy atom. The first-order valence-corrected chi connectivity index (χ1v) is 4.90. The van der Waals surface area contributed by atoms with Gasteiger partial charge in [0.25, 0.3) is 0 Å². The molecule has 0 aliphatic carbocycles. The highest BCUT2D eigenvalue weighted by Gasteiger charge is 2.48. The number of aliphatic hydroxyl groups excluding tert-OH is 1. The maximum absolute atomic E-state index is 9.30. The average molecular weight is 224 g/mol. The third-order valence-corrected chi connectivity index (χ3v) is 2.70. The maximum Gasteiger partial charge on any atom is 0.143 e. The van der Waals surface area contributed by atoms with E-state index in [4.69, 9.17) is 26.2 Å². The number of quaternary nitrogens is 1. The second-order valence-corrected chi connectivity index (χ2v) is 3.98. The molecule has 2 aliphatic rings. The predicted octanol–water partition coefficient (Wildman–Crippen LogP) is -2.94. The Morgan fingerprint density at radius 2 is 2.29 bits per heavy atom. The SMILES string of the molecule is CC(=O)[O-].O[C@H]1CO[C@H]2[C@@H]1[NH2+]C[C@H]2Cl. The van der Waals surface area contributed by atoms with Gasteiger partial charge in [0.15, 0.2) is 0 Å². The van der Waals surface area contributed by atoms with Crippen molar-refractivity contribution in [1.82, 2.24) is 0 Å². The molecular weight excluding hydrogens is 210 g/mol. The summed E-state index contributed by atoms with van der Waals surface area (Å²) in [6, 6.07) is 0.197. The van der Waals surface area contributed by atoms with Gasteiger partial charge in [0, 0.05) is 5.97 Å². The molecule has 2 fully saturated rings. The Labute approximate surface area is 87.0 Å². The van der Waals surface area contributed by atoms with E-state index in [1.807, 2.05) is 0 Å². The fourth-order valence-corrected chi connectivity index (χ4v) is 2.05. The maximum atomic E-state index is 9.30. The fraction of sp³-hybridized carbons (Fsp3) is 0.875. The van der Waals surface area contributed by atoms with Crippen molar-refractivity contribution in [3.05, 3.63) is 0 Å². The molecule has 2 heterocycles. The highest BCUT2D eigenvalue weighted by atomic mass is 35.5. The number of aliphatic hydroxyl groups is 1.